The van der Waals surface area contributed by atoms with Gasteiger partial charge in [0.2, 0.25) is 5.91 Å². The van der Waals surface area contributed by atoms with E-state index in [1.54, 1.807) is 4.90 Å². The third-order valence-corrected chi connectivity index (χ3v) is 7.48. The quantitative estimate of drug-likeness (QED) is 0.663. The lowest BCUT2D eigenvalue weighted by Gasteiger charge is -2.31. The van der Waals surface area contributed by atoms with E-state index in [0.29, 0.717) is 36.9 Å². The van der Waals surface area contributed by atoms with Gasteiger partial charge in [0, 0.05) is 29.2 Å². The first-order valence-electron chi connectivity index (χ1n) is 11.2. The maximum Gasteiger partial charge on any atom is 0.260 e. The topological polar surface area (TPSA) is 58.6 Å². The number of benzene rings is 2. The predicted octanol–water partition coefficient (Wildman–Crippen LogP) is 4.98. The Morgan fingerprint density at radius 3 is 2.35 bits per heavy atom. The van der Waals surface area contributed by atoms with E-state index in [1.165, 1.54) is 25.7 Å². The van der Waals surface area contributed by atoms with Crippen molar-refractivity contribution in [2.45, 2.75) is 48.7 Å². The van der Waals surface area contributed by atoms with Crippen LogP contribution < -0.4 is 10.1 Å². The minimum Gasteiger partial charge on any atom is -0.484 e. The monoisotopic (exact) mass is 438 g/mol. The number of carbonyl (C=O) groups is 2. The number of anilines is 1. The van der Waals surface area contributed by atoms with Gasteiger partial charge in [0.05, 0.1) is 5.69 Å². The van der Waals surface area contributed by atoms with Gasteiger partial charge in [0.15, 0.2) is 6.61 Å². The number of nitrogens with zero attached hydrogens (tertiary/aromatic N) is 1. The first kappa shape index (κ1) is 21.8. The molecule has 1 N–H and O–H groups in total. The van der Waals surface area contributed by atoms with Crippen LogP contribution in [-0.2, 0) is 9.59 Å². The number of hydrogen-bond acceptors (Lipinski definition) is 4. The average molecular weight is 439 g/mol. The van der Waals surface area contributed by atoms with Crippen LogP contribution in [0.4, 0.5) is 5.69 Å². The van der Waals surface area contributed by atoms with E-state index in [9.17, 15) is 9.59 Å². The second kappa shape index (κ2) is 10.7. The Balaban J connectivity index is 1.25. The Morgan fingerprint density at radius 1 is 0.935 bits per heavy atom. The van der Waals surface area contributed by atoms with Crippen LogP contribution in [0.1, 0.15) is 38.5 Å². The minimum absolute atomic E-state index is 0.0268. The van der Waals surface area contributed by atoms with Crippen LogP contribution in [0, 0.1) is 5.92 Å². The highest BCUT2D eigenvalue weighted by molar-refractivity contribution is 8.00. The lowest BCUT2D eigenvalue weighted by atomic mass is 9.95. The normalized spacial score (nSPS) is 17.5. The number of thioether (sulfide) groups is 1. The van der Waals surface area contributed by atoms with Gasteiger partial charge in [-0.15, -0.1) is 11.8 Å². The number of piperidine rings is 1. The molecule has 1 saturated carbocycles. The highest BCUT2D eigenvalue weighted by Crippen LogP contribution is 2.38. The average Bonchev–Trinajstić information content (AvgIpc) is 3.33. The molecule has 0 unspecified atom stereocenters. The molecule has 1 aliphatic carbocycles. The molecule has 6 heteroatoms. The number of rotatable bonds is 7. The van der Waals surface area contributed by atoms with Gasteiger partial charge < -0.3 is 15.0 Å². The molecule has 0 radical (unpaired) electrons. The van der Waals surface area contributed by atoms with Crippen LogP contribution >= 0.6 is 11.8 Å². The van der Waals surface area contributed by atoms with Crippen molar-refractivity contribution in [2.75, 3.05) is 25.0 Å². The molecule has 2 aromatic rings. The predicted molar refractivity (Wildman–Crippen MR) is 124 cm³/mol. The number of ether oxygens (including phenoxy) is 1. The number of carbonyl (C=O) groups excluding carboxylic acids is 2. The second-order valence-electron chi connectivity index (χ2n) is 8.27. The van der Waals surface area contributed by atoms with Gasteiger partial charge in [-0.2, -0.15) is 0 Å². The zero-order valence-electron chi connectivity index (χ0n) is 17.8. The highest BCUT2D eigenvalue weighted by atomic mass is 32.2. The lowest BCUT2D eigenvalue weighted by molar-refractivity contribution is -0.136. The zero-order valence-corrected chi connectivity index (χ0v) is 18.6. The van der Waals surface area contributed by atoms with Crippen LogP contribution in [0.25, 0.3) is 0 Å². The molecule has 2 aromatic carbocycles. The van der Waals surface area contributed by atoms with Gasteiger partial charge in [-0.05, 0) is 49.9 Å². The molecule has 2 amide bonds. The molecule has 0 aromatic heterocycles. The molecule has 2 fully saturated rings. The molecule has 5 nitrogen and oxygen atoms in total. The number of para-hydroxylation sites is 2. The van der Waals surface area contributed by atoms with Gasteiger partial charge in [-0.3, -0.25) is 9.59 Å². The molecular weight excluding hydrogens is 408 g/mol. The van der Waals surface area contributed by atoms with Crippen molar-refractivity contribution in [1.82, 2.24) is 4.90 Å². The van der Waals surface area contributed by atoms with E-state index < -0.39 is 0 Å². The Labute approximate surface area is 188 Å². The van der Waals surface area contributed by atoms with Gasteiger partial charge >= 0.3 is 0 Å². The smallest absolute Gasteiger partial charge is 0.260 e. The SMILES string of the molecule is O=C(Nc1ccccc1SC1CCCC1)C1CCN(C(=O)COc2ccccc2)CC1. The summed E-state index contributed by atoms with van der Waals surface area (Å²) in [7, 11) is 0. The summed E-state index contributed by atoms with van der Waals surface area (Å²) in [4.78, 5) is 28.3. The maximum atomic E-state index is 12.9. The minimum atomic E-state index is -0.0661. The third kappa shape index (κ3) is 6.03. The fourth-order valence-corrected chi connectivity index (χ4v) is 5.57. The Kier molecular flexibility index (Phi) is 7.52. The third-order valence-electron chi connectivity index (χ3n) is 6.06. The van der Waals surface area contributed by atoms with Crippen molar-refractivity contribution >= 4 is 29.3 Å². The summed E-state index contributed by atoms with van der Waals surface area (Å²) in [5.74, 6) is 0.663. The van der Waals surface area contributed by atoms with E-state index in [1.807, 2.05) is 60.3 Å². The van der Waals surface area contributed by atoms with Crippen molar-refractivity contribution < 1.29 is 14.3 Å². The van der Waals surface area contributed by atoms with Crippen LogP contribution in [0.2, 0.25) is 0 Å². The van der Waals surface area contributed by atoms with Crippen molar-refractivity contribution in [3.8, 4) is 5.75 Å². The lowest BCUT2D eigenvalue weighted by Crippen LogP contribution is -2.43. The number of amides is 2. The van der Waals surface area contributed by atoms with Gasteiger partial charge in [-0.25, -0.2) is 0 Å². The summed E-state index contributed by atoms with van der Waals surface area (Å²) in [6, 6.07) is 17.5. The van der Waals surface area contributed by atoms with Crippen LogP contribution in [0.15, 0.2) is 59.5 Å². The van der Waals surface area contributed by atoms with Gasteiger partial charge in [0.1, 0.15) is 5.75 Å². The first-order valence-corrected chi connectivity index (χ1v) is 12.1. The molecule has 31 heavy (non-hydrogen) atoms. The number of nitrogens with one attached hydrogen (secondary N) is 1. The summed E-state index contributed by atoms with van der Waals surface area (Å²) >= 11 is 1.89. The van der Waals surface area contributed by atoms with Crippen LogP contribution in [-0.4, -0.2) is 41.7 Å². The van der Waals surface area contributed by atoms with E-state index in [2.05, 4.69) is 11.4 Å². The van der Waals surface area contributed by atoms with Crippen LogP contribution in [0.5, 0.6) is 5.75 Å². The standard InChI is InChI=1S/C25H30N2O3S/c28-24(18-30-20-8-2-1-3-9-20)27-16-14-19(15-17-27)25(29)26-22-12-6-7-13-23(22)31-21-10-4-5-11-21/h1-3,6-9,12-13,19,21H,4-5,10-11,14-18H2,(H,26,29). The molecule has 1 aliphatic heterocycles. The Morgan fingerprint density at radius 2 is 1.61 bits per heavy atom. The van der Waals surface area contributed by atoms with Crippen molar-refractivity contribution in [3.05, 3.63) is 54.6 Å². The molecule has 4 rings (SSSR count). The number of hydrogen-bond donors (Lipinski definition) is 1. The second-order valence-corrected chi connectivity index (χ2v) is 9.61. The molecule has 2 aliphatic rings. The molecule has 0 spiro atoms. The summed E-state index contributed by atoms with van der Waals surface area (Å²) in [5, 5.41) is 3.81. The summed E-state index contributed by atoms with van der Waals surface area (Å²) in [5.41, 5.74) is 0.916. The highest BCUT2D eigenvalue weighted by Gasteiger charge is 2.28. The molecular formula is C25H30N2O3S. The van der Waals surface area contributed by atoms with Crippen molar-refractivity contribution in [2.24, 2.45) is 5.92 Å². The Bertz CT molecular complexity index is 875. The molecule has 0 bridgehead atoms. The largest absolute Gasteiger partial charge is 0.484 e. The van der Waals surface area contributed by atoms with Gasteiger partial charge in [-0.1, -0.05) is 43.2 Å². The molecule has 1 heterocycles. The molecule has 1 saturated heterocycles. The Hall–Kier alpha value is -2.47. The summed E-state index contributed by atoms with van der Waals surface area (Å²) in [6.45, 7) is 1.22. The fourth-order valence-electron chi connectivity index (χ4n) is 4.24. The van der Waals surface area contributed by atoms with Gasteiger partial charge in [0.25, 0.3) is 5.91 Å². The molecule has 164 valence electrons. The van der Waals surface area contributed by atoms with Crippen LogP contribution in [0.3, 0.4) is 0 Å². The first-order chi connectivity index (χ1) is 15.2. The summed E-state index contributed by atoms with van der Waals surface area (Å²) in [6.07, 6.45) is 6.49. The maximum absolute atomic E-state index is 12.9. The van der Waals surface area contributed by atoms with E-state index in [-0.39, 0.29) is 24.3 Å². The summed E-state index contributed by atoms with van der Waals surface area (Å²) < 4.78 is 5.57. The van der Waals surface area contributed by atoms with Crippen molar-refractivity contribution in [3.63, 3.8) is 0 Å². The number of likely N-dealkylation sites (tertiary alicyclic amines) is 1. The zero-order chi connectivity index (χ0) is 21.5. The van der Waals surface area contributed by atoms with E-state index in [4.69, 9.17) is 4.74 Å². The van der Waals surface area contributed by atoms with E-state index >= 15 is 0 Å². The fraction of sp³-hybridized carbons (Fsp3) is 0.440. The van der Waals surface area contributed by atoms with E-state index in [0.717, 1.165) is 10.6 Å². The van der Waals surface area contributed by atoms with Crippen molar-refractivity contribution in [1.29, 1.82) is 0 Å². The molecule has 0 atom stereocenters.